The summed E-state index contributed by atoms with van der Waals surface area (Å²) in [6.45, 7) is 7.89. The fraction of sp³-hybridized carbons (Fsp3) is 0.409. The molecule has 1 saturated heterocycles. The van der Waals surface area contributed by atoms with Gasteiger partial charge in [0.15, 0.2) is 5.11 Å². The van der Waals surface area contributed by atoms with Gasteiger partial charge in [0.05, 0.1) is 7.11 Å². The molecule has 0 bridgehead atoms. The maximum Gasteiger partial charge on any atom is 0.169 e. The number of nitrogens with one attached hydrogen (secondary N) is 1. The van der Waals surface area contributed by atoms with E-state index in [-0.39, 0.29) is 0 Å². The van der Waals surface area contributed by atoms with Crippen LogP contribution in [-0.2, 0) is 6.54 Å². The van der Waals surface area contributed by atoms with E-state index in [1.54, 1.807) is 7.11 Å². The molecule has 0 aliphatic carbocycles. The highest BCUT2D eigenvalue weighted by atomic mass is 32.2. The van der Waals surface area contributed by atoms with Gasteiger partial charge in [0, 0.05) is 55.5 Å². The molecule has 6 heteroatoms. The molecule has 0 unspecified atom stereocenters. The molecule has 0 amide bonds. The SMILES string of the molecule is COc1ccc(C)cc1CN1CCN(C(=S)NCCSc2ccccc2)CC1. The molecule has 0 spiro atoms. The van der Waals surface area contributed by atoms with Gasteiger partial charge in [-0.2, -0.15) is 0 Å². The summed E-state index contributed by atoms with van der Waals surface area (Å²) in [6.07, 6.45) is 0. The minimum absolute atomic E-state index is 0.876. The highest BCUT2D eigenvalue weighted by molar-refractivity contribution is 7.99. The van der Waals surface area contributed by atoms with E-state index in [0.29, 0.717) is 0 Å². The monoisotopic (exact) mass is 415 g/mol. The van der Waals surface area contributed by atoms with E-state index in [9.17, 15) is 0 Å². The minimum Gasteiger partial charge on any atom is -0.496 e. The molecule has 2 aromatic carbocycles. The molecule has 0 saturated carbocycles. The van der Waals surface area contributed by atoms with Gasteiger partial charge in [-0.1, -0.05) is 35.9 Å². The van der Waals surface area contributed by atoms with E-state index in [1.165, 1.54) is 16.0 Å². The Labute approximate surface area is 178 Å². The highest BCUT2D eigenvalue weighted by Crippen LogP contribution is 2.22. The van der Waals surface area contributed by atoms with E-state index in [2.05, 4.69) is 64.5 Å². The van der Waals surface area contributed by atoms with Crippen LogP contribution < -0.4 is 10.1 Å². The Bertz CT molecular complexity index is 762. The summed E-state index contributed by atoms with van der Waals surface area (Å²) in [5.41, 5.74) is 2.53. The standard InChI is InChI=1S/C22H29N3OS2/c1-18-8-9-21(26-2)19(16-18)17-24-11-13-25(14-12-24)22(27)23-10-15-28-20-6-4-3-5-7-20/h3-9,16H,10-15,17H2,1-2H3,(H,23,27). The number of hydrogen-bond donors (Lipinski definition) is 1. The quantitative estimate of drug-likeness (QED) is 0.420. The Hall–Kier alpha value is -1.76. The summed E-state index contributed by atoms with van der Waals surface area (Å²) in [5.74, 6) is 1.98. The number of hydrogen-bond acceptors (Lipinski definition) is 4. The maximum atomic E-state index is 5.60. The number of piperazine rings is 1. The summed E-state index contributed by atoms with van der Waals surface area (Å²) in [6, 6.07) is 16.9. The van der Waals surface area contributed by atoms with Gasteiger partial charge >= 0.3 is 0 Å². The number of thiocarbonyl (C=S) groups is 1. The van der Waals surface area contributed by atoms with Crippen molar-refractivity contribution >= 4 is 29.1 Å². The van der Waals surface area contributed by atoms with E-state index >= 15 is 0 Å². The molecular weight excluding hydrogens is 386 g/mol. The first-order chi connectivity index (χ1) is 13.7. The number of aryl methyl sites for hydroxylation is 1. The van der Waals surface area contributed by atoms with Gasteiger partial charge in [-0.15, -0.1) is 11.8 Å². The molecule has 1 fully saturated rings. The summed E-state index contributed by atoms with van der Waals surface area (Å²) >= 11 is 7.45. The van der Waals surface area contributed by atoms with Gasteiger partial charge in [-0.05, 0) is 37.3 Å². The van der Waals surface area contributed by atoms with Crippen molar-refractivity contribution in [3.05, 3.63) is 59.7 Å². The fourth-order valence-corrected chi connectivity index (χ4v) is 4.41. The molecule has 2 aromatic rings. The largest absolute Gasteiger partial charge is 0.496 e. The number of ether oxygens (including phenoxy) is 1. The molecule has 28 heavy (non-hydrogen) atoms. The lowest BCUT2D eigenvalue weighted by molar-refractivity contribution is 0.173. The molecule has 3 rings (SSSR count). The Morgan fingerprint density at radius 3 is 2.57 bits per heavy atom. The Morgan fingerprint density at radius 1 is 1.11 bits per heavy atom. The van der Waals surface area contributed by atoms with Gasteiger partial charge < -0.3 is 15.0 Å². The second-order valence-corrected chi connectivity index (χ2v) is 8.53. The van der Waals surface area contributed by atoms with E-state index in [1.807, 2.05) is 17.8 Å². The molecule has 1 N–H and O–H groups in total. The molecule has 1 aliphatic heterocycles. The first kappa shape index (κ1) is 21.0. The van der Waals surface area contributed by atoms with Crippen molar-refractivity contribution in [3.8, 4) is 5.75 Å². The van der Waals surface area contributed by atoms with Crippen LogP contribution in [0.15, 0.2) is 53.4 Å². The first-order valence-electron chi connectivity index (χ1n) is 9.72. The molecule has 0 atom stereocenters. The molecule has 0 aromatic heterocycles. The van der Waals surface area contributed by atoms with Crippen molar-refractivity contribution in [2.24, 2.45) is 0 Å². The average molecular weight is 416 g/mol. The highest BCUT2D eigenvalue weighted by Gasteiger charge is 2.19. The maximum absolute atomic E-state index is 5.60. The summed E-state index contributed by atoms with van der Waals surface area (Å²) in [7, 11) is 1.74. The number of nitrogens with zero attached hydrogens (tertiary/aromatic N) is 2. The van der Waals surface area contributed by atoms with Crippen LogP contribution in [0.4, 0.5) is 0 Å². The number of benzene rings is 2. The van der Waals surface area contributed by atoms with Crippen LogP contribution in [0.3, 0.4) is 0 Å². The molecular formula is C22H29N3OS2. The predicted octanol–water partition coefficient (Wildman–Crippen LogP) is 3.79. The van der Waals surface area contributed by atoms with Gasteiger partial charge in [-0.3, -0.25) is 4.90 Å². The molecule has 0 radical (unpaired) electrons. The van der Waals surface area contributed by atoms with Crippen LogP contribution >= 0.6 is 24.0 Å². The third-order valence-electron chi connectivity index (χ3n) is 4.88. The van der Waals surface area contributed by atoms with Crippen LogP contribution in [0.2, 0.25) is 0 Å². The van der Waals surface area contributed by atoms with Crippen molar-refractivity contribution in [3.63, 3.8) is 0 Å². The smallest absolute Gasteiger partial charge is 0.169 e. The molecule has 4 nitrogen and oxygen atoms in total. The minimum atomic E-state index is 0.876. The fourth-order valence-electron chi connectivity index (χ4n) is 3.34. The number of thioether (sulfide) groups is 1. The van der Waals surface area contributed by atoms with Crippen LogP contribution in [-0.4, -0.2) is 60.5 Å². The zero-order valence-corrected chi connectivity index (χ0v) is 18.3. The van der Waals surface area contributed by atoms with Crippen LogP contribution in [0.25, 0.3) is 0 Å². The van der Waals surface area contributed by atoms with E-state index < -0.39 is 0 Å². The van der Waals surface area contributed by atoms with Crippen molar-refractivity contribution in [1.82, 2.24) is 15.1 Å². The van der Waals surface area contributed by atoms with Crippen molar-refractivity contribution in [2.45, 2.75) is 18.4 Å². The lowest BCUT2D eigenvalue weighted by Crippen LogP contribution is -2.51. The lowest BCUT2D eigenvalue weighted by Gasteiger charge is -2.36. The van der Waals surface area contributed by atoms with Gasteiger partial charge in [0.1, 0.15) is 5.75 Å². The summed E-state index contributed by atoms with van der Waals surface area (Å²) < 4.78 is 5.52. The topological polar surface area (TPSA) is 27.7 Å². The number of rotatable bonds is 7. The Balaban J connectivity index is 1.39. The second kappa shape index (κ2) is 10.7. The van der Waals surface area contributed by atoms with Gasteiger partial charge in [0.2, 0.25) is 0 Å². The third-order valence-corrected chi connectivity index (χ3v) is 6.30. The van der Waals surface area contributed by atoms with Crippen LogP contribution in [0, 0.1) is 6.92 Å². The molecule has 1 aliphatic rings. The van der Waals surface area contributed by atoms with Crippen LogP contribution in [0.1, 0.15) is 11.1 Å². The lowest BCUT2D eigenvalue weighted by atomic mass is 10.1. The average Bonchev–Trinajstić information content (AvgIpc) is 2.72. The van der Waals surface area contributed by atoms with Crippen molar-refractivity contribution < 1.29 is 4.74 Å². The zero-order chi connectivity index (χ0) is 19.8. The summed E-state index contributed by atoms with van der Waals surface area (Å²) in [4.78, 5) is 6.06. The van der Waals surface area contributed by atoms with Gasteiger partial charge in [0.25, 0.3) is 0 Å². The first-order valence-corrected chi connectivity index (χ1v) is 11.1. The predicted molar refractivity (Wildman–Crippen MR) is 122 cm³/mol. The normalized spacial score (nSPS) is 14.7. The second-order valence-electron chi connectivity index (χ2n) is 6.97. The van der Waals surface area contributed by atoms with E-state index in [4.69, 9.17) is 17.0 Å². The zero-order valence-electron chi connectivity index (χ0n) is 16.7. The van der Waals surface area contributed by atoms with Crippen molar-refractivity contribution in [1.29, 1.82) is 0 Å². The van der Waals surface area contributed by atoms with Crippen LogP contribution in [0.5, 0.6) is 5.75 Å². The van der Waals surface area contributed by atoms with E-state index in [0.717, 1.165) is 55.9 Å². The summed E-state index contributed by atoms with van der Waals surface area (Å²) in [5, 5.41) is 4.29. The Morgan fingerprint density at radius 2 is 1.86 bits per heavy atom. The third kappa shape index (κ3) is 6.12. The number of methoxy groups -OCH3 is 1. The van der Waals surface area contributed by atoms with Gasteiger partial charge in [-0.25, -0.2) is 0 Å². The van der Waals surface area contributed by atoms with Crippen molar-refractivity contribution in [2.75, 3.05) is 45.6 Å². The molecule has 1 heterocycles. The molecule has 150 valence electrons. The Kier molecular flexibility index (Phi) is 8.01.